The number of aromatic amines is 1. The van der Waals surface area contributed by atoms with E-state index in [1.165, 1.54) is 12.8 Å². The van der Waals surface area contributed by atoms with Crippen LogP contribution in [0.4, 0.5) is 0 Å². The molecule has 0 bridgehead atoms. The highest BCUT2D eigenvalue weighted by atomic mass is 16.2. The van der Waals surface area contributed by atoms with Crippen LogP contribution in [0.3, 0.4) is 0 Å². The van der Waals surface area contributed by atoms with Crippen molar-refractivity contribution < 1.29 is 4.79 Å². The molecule has 1 aromatic heterocycles. The number of piperidine rings is 1. The van der Waals surface area contributed by atoms with Crippen LogP contribution in [-0.2, 0) is 0 Å². The minimum atomic E-state index is -0.146. The SMILES string of the molecule is CCN(CC1CCCNC1)C(=O)c1nn[nH]n1. The lowest BCUT2D eigenvalue weighted by Crippen LogP contribution is -2.41. The molecule has 1 unspecified atom stereocenters. The summed E-state index contributed by atoms with van der Waals surface area (Å²) in [6, 6.07) is 0. The van der Waals surface area contributed by atoms with E-state index in [2.05, 4.69) is 25.9 Å². The van der Waals surface area contributed by atoms with Crippen molar-refractivity contribution in [2.75, 3.05) is 26.2 Å². The van der Waals surface area contributed by atoms with E-state index in [1.807, 2.05) is 6.92 Å². The summed E-state index contributed by atoms with van der Waals surface area (Å²) in [5.41, 5.74) is 0. The third kappa shape index (κ3) is 3.00. The van der Waals surface area contributed by atoms with Gasteiger partial charge >= 0.3 is 0 Å². The van der Waals surface area contributed by atoms with Crippen LogP contribution in [0.25, 0.3) is 0 Å². The number of hydrogen-bond donors (Lipinski definition) is 2. The van der Waals surface area contributed by atoms with Crippen molar-refractivity contribution in [1.82, 2.24) is 30.8 Å². The largest absolute Gasteiger partial charge is 0.336 e. The Morgan fingerprint density at radius 1 is 1.59 bits per heavy atom. The number of nitrogens with zero attached hydrogens (tertiary/aromatic N) is 4. The van der Waals surface area contributed by atoms with Gasteiger partial charge in [-0.3, -0.25) is 4.79 Å². The number of rotatable bonds is 4. The molecule has 2 N–H and O–H groups in total. The summed E-state index contributed by atoms with van der Waals surface area (Å²) in [5, 5.41) is 16.5. The number of amides is 1. The van der Waals surface area contributed by atoms with E-state index in [1.54, 1.807) is 4.90 Å². The zero-order valence-electron chi connectivity index (χ0n) is 10.0. The maximum atomic E-state index is 12.0. The summed E-state index contributed by atoms with van der Waals surface area (Å²) >= 11 is 0. The van der Waals surface area contributed by atoms with Crippen molar-refractivity contribution in [1.29, 1.82) is 0 Å². The maximum Gasteiger partial charge on any atom is 0.295 e. The third-order valence-electron chi connectivity index (χ3n) is 3.08. The van der Waals surface area contributed by atoms with E-state index in [0.29, 0.717) is 12.5 Å². The monoisotopic (exact) mass is 238 g/mol. The average molecular weight is 238 g/mol. The Bertz CT molecular complexity index is 346. The molecule has 1 fully saturated rings. The molecule has 1 aliphatic rings. The summed E-state index contributed by atoms with van der Waals surface area (Å²) in [6.45, 7) is 5.46. The van der Waals surface area contributed by atoms with Crippen molar-refractivity contribution in [3.63, 3.8) is 0 Å². The Labute approximate surface area is 100.0 Å². The number of hydrogen-bond acceptors (Lipinski definition) is 5. The van der Waals surface area contributed by atoms with E-state index < -0.39 is 0 Å². The first kappa shape index (κ1) is 12.0. The van der Waals surface area contributed by atoms with Gasteiger partial charge < -0.3 is 10.2 Å². The van der Waals surface area contributed by atoms with Gasteiger partial charge in [0.1, 0.15) is 0 Å². The van der Waals surface area contributed by atoms with Gasteiger partial charge in [-0.25, -0.2) is 0 Å². The van der Waals surface area contributed by atoms with E-state index in [9.17, 15) is 4.79 Å². The third-order valence-corrected chi connectivity index (χ3v) is 3.08. The van der Waals surface area contributed by atoms with Gasteiger partial charge in [-0.05, 0) is 44.0 Å². The summed E-state index contributed by atoms with van der Waals surface area (Å²) < 4.78 is 0. The van der Waals surface area contributed by atoms with Gasteiger partial charge in [-0.15, -0.1) is 10.2 Å². The van der Waals surface area contributed by atoms with Crippen LogP contribution in [0.2, 0.25) is 0 Å². The molecule has 2 heterocycles. The van der Waals surface area contributed by atoms with Crippen LogP contribution < -0.4 is 5.32 Å². The molecule has 94 valence electrons. The van der Waals surface area contributed by atoms with Gasteiger partial charge in [-0.1, -0.05) is 0 Å². The van der Waals surface area contributed by atoms with Gasteiger partial charge in [0.2, 0.25) is 0 Å². The molecular formula is C10H18N6O. The van der Waals surface area contributed by atoms with E-state index in [0.717, 1.165) is 19.6 Å². The zero-order valence-corrected chi connectivity index (χ0v) is 10.0. The first-order chi connectivity index (χ1) is 8.31. The number of H-pyrrole nitrogens is 1. The number of carbonyl (C=O) groups excluding carboxylic acids is 1. The van der Waals surface area contributed by atoms with Crippen molar-refractivity contribution >= 4 is 5.91 Å². The molecule has 17 heavy (non-hydrogen) atoms. The second kappa shape index (κ2) is 5.72. The fourth-order valence-electron chi connectivity index (χ4n) is 2.14. The molecule has 1 aromatic rings. The molecule has 7 nitrogen and oxygen atoms in total. The molecule has 0 saturated carbocycles. The van der Waals surface area contributed by atoms with Gasteiger partial charge in [0.05, 0.1) is 0 Å². The number of carbonyl (C=O) groups is 1. The minimum absolute atomic E-state index is 0.146. The lowest BCUT2D eigenvalue weighted by atomic mass is 9.99. The highest BCUT2D eigenvalue weighted by Gasteiger charge is 2.22. The lowest BCUT2D eigenvalue weighted by Gasteiger charge is -2.28. The molecule has 0 aromatic carbocycles. The van der Waals surface area contributed by atoms with Gasteiger partial charge in [-0.2, -0.15) is 5.21 Å². The Balaban J connectivity index is 1.93. The quantitative estimate of drug-likeness (QED) is 0.749. The topological polar surface area (TPSA) is 86.8 Å². The normalized spacial score (nSPS) is 20.2. The molecule has 0 aliphatic carbocycles. The summed E-state index contributed by atoms with van der Waals surface area (Å²) in [4.78, 5) is 13.8. The van der Waals surface area contributed by atoms with Gasteiger partial charge in [0.25, 0.3) is 11.7 Å². The summed E-state index contributed by atoms with van der Waals surface area (Å²) in [6.07, 6.45) is 2.35. The minimum Gasteiger partial charge on any atom is -0.336 e. The van der Waals surface area contributed by atoms with Crippen LogP contribution in [-0.4, -0.2) is 57.6 Å². The van der Waals surface area contributed by atoms with Crippen LogP contribution in [0.1, 0.15) is 30.4 Å². The molecule has 1 amide bonds. The fraction of sp³-hybridized carbons (Fsp3) is 0.800. The average Bonchev–Trinajstić information content (AvgIpc) is 2.90. The van der Waals surface area contributed by atoms with Gasteiger partial charge in [0, 0.05) is 13.1 Å². The molecule has 1 saturated heterocycles. The Kier molecular flexibility index (Phi) is 4.03. The second-order valence-corrected chi connectivity index (χ2v) is 4.29. The molecule has 1 aliphatic heterocycles. The van der Waals surface area contributed by atoms with Crippen molar-refractivity contribution in [2.24, 2.45) is 5.92 Å². The number of tetrazole rings is 1. The molecule has 1 atom stereocenters. The van der Waals surface area contributed by atoms with Crippen LogP contribution in [0.15, 0.2) is 0 Å². The fourth-order valence-corrected chi connectivity index (χ4v) is 2.14. The van der Waals surface area contributed by atoms with Crippen LogP contribution in [0.5, 0.6) is 0 Å². The van der Waals surface area contributed by atoms with E-state index >= 15 is 0 Å². The summed E-state index contributed by atoms with van der Waals surface area (Å²) in [7, 11) is 0. The summed E-state index contributed by atoms with van der Waals surface area (Å²) in [5.74, 6) is 0.530. The molecule has 7 heteroatoms. The number of nitrogens with one attached hydrogen (secondary N) is 2. The van der Waals surface area contributed by atoms with Crippen LogP contribution >= 0.6 is 0 Å². The van der Waals surface area contributed by atoms with Crippen molar-refractivity contribution in [3.8, 4) is 0 Å². The Morgan fingerprint density at radius 3 is 3.06 bits per heavy atom. The first-order valence-electron chi connectivity index (χ1n) is 6.04. The van der Waals surface area contributed by atoms with E-state index in [-0.39, 0.29) is 11.7 Å². The van der Waals surface area contributed by atoms with Gasteiger partial charge in [0.15, 0.2) is 0 Å². The highest BCUT2D eigenvalue weighted by molar-refractivity contribution is 5.90. The first-order valence-corrected chi connectivity index (χ1v) is 6.04. The standard InChI is InChI=1S/C10H18N6O/c1-2-16(7-8-4-3-5-11-6-8)10(17)9-12-14-15-13-9/h8,11H,2-7H2,1H3,(H,12,13,14,15). The molecule has 2 rings (SSSR count). The van der Waals surface area contributed by atoms with Crippen molar-refractivity contribution in [2.45, 2.75) is 19.8 Å². The Morgan fingerprint density at radius 2 is 2.47 bits per heavy atom. The van der Waals surface area contributed by atoms with Crippen LogP contribution in [0, 0.1) is 5.92 Å². The smallest absolute Gasteiger partial charge is 0.295 e. The maximum absolute atomic E-state index is 12.0. The molecular weight excluding hydrogens is 220 g/mol. The molecule has 0 spiro atoms. The molecule has 0 radical (unpaired) electrons. The van der Waals surface area contributed by atoms with Crippen molar-refractivity contribution in [3.05, 3.63) is 5.82 Å². The predicted octanol–water partition coefficient (Wildman–Crippen LogP) is -0.339. The predicted molar refractivity (Wildman–Crippen MR) is 61.3 cm³/mol. The second-order valence-electron chi connectivity index (χ2n) is 4.29. The van der Waals surface area contributed by atoms with E-state index in [4.69, 9.17) is 0 Å². The highest BCUT2D eigenvalue weighted by Crippen LogP contribution is 2.12. The zero-order chi connectivity index (χ0) is 12.1. The number of aromatic nitrogens is 4. The Hall–Kier alpha value is -1.50. The lowest BCUT2D eigenvalue weighted by molar-refractivity contribution is 0.0717.